The molecule has 4 aromatic rings. The highest BCUT2D eigenvalue weighted by atomic mass is 35.5. The maximum absolute atomic E-state index is 13.3. The van der Waals surface area contributed by atoms with Crippen LogP contribution in [0.3, 0.4) is 0 Å². The van der Waals surface area contributed by atoms with Crippen molar-refractivity contribution in [3.8, 4) is 11.4 Å². The van der Waals surface area contributed by atoms with Gasteiger partial charge in [0.2, 0.25) is 0 Å². The Morgan fingerprint density at radius 2 is 1.55 bits per heavy atom. The number of nitrogens with zero attached hydrogens (tertiary/aromatic N) is 3. The summed E-state index contributed by atoms with van der Waals surface area (Å²) in [6, 6.07) is 22.5. The van der Waals surface area contributed by atoms with Gasteiger partial charge in [-0.25, -0.2) is 9.97 Å². The van der Waals surface area contributed by atoms with Gasteiger partial charge >= 0.3 is 0 Å². The first kappa shape index (κ1) is 27.1. The molecule has 0 atom stereocenters. The standard InChI is InChI=1S/C28H26Cl2N6O2/c1-36(2)15-14-31-25-17-24(33-26(35-25)18-8-4-3-5-9-18)28(38)34-23-11-7-6-10-20(23)27(37)32-19-12-13-21(29)22(30)16-19/h3-13,16-17H,14-15H2,1-2H3,(H,32,37)(H,34,38)(H,31,33,35). The fourth-order valence-corrected chi connectivity index (χ4v) is 3.82. The molecule has 0 fully saturated rings. The van der Waals surface area contributed by atoms with E-state index in [0.717, 1.165) is 12.1 Å². The number of aromatic nitrogens is 2. The Balaban J connectivity index is 1.59. The van der Waals surface area contributed by atoms with Gasteiger partial charge in [0.15, 0.2) is 5.82 Å². The van der Waals surface area contributed by atoms with Crippen molar-refractivity contribution in [2.24, 2.45) is 0 Å². The number of para-hydroxylation sites is 1. The maximum atomic E-state index is 13.3. The van der Waals surface area contributed by atoms with E-state index in [1.165, 1.54) is 0 Å². The lowest BCUT2D eigenvalue weighted by Crippen LogP contribution is -2.22. The Bertz CT molecular complexity index is 1450. The maximum Gasteiger partial charge on any atom is 0.274 e. The average Bonchev–Trinajstić information content (AvgIpc) is 2.91. The third-order valence-electron chi connectivity index (χ3n) is 5.45. The molecular formula is C28H26Cl2N6O2. The van der Waals surface area contributed by atoms with Crippen molar-refractivity contribution in [2.45, 2.75) is 0 Å². The quantitative estimate of drug-likeness (QED) is 0.240. The highest BCUT2D eigenvalue weighted by Crippen LogP contribution is 2.26. The van der Waals surface area contributed by atoms with Gasteiger partial charge in [0.1, 0.15) is 11.5 Å². The van der Waals surface area contributed by atoms with Crippen LogP contribution in [-0.2, 0) is 0 Å². The summed E-state index contributed by atoms with van der Waals surface area (Å²) in [6.07, 6.45) is 0. The second kappa shape index (κ2) is 12.5. The van der Waals surface area contributed by atoms with Gasteiger partial charge in [-0.3, -0.25) is 9.59 Å². The van der Waals surface area contributed by atoms with E-state index >= 15 is 0 Å². The summed E-state index contributed by atoms with van der Waals surface area (Å²) in [4.78, 5) is 37.5. The number of hydrogen-bond acceptors (Lipinski definition) is 6. The number of carbonyl (C=O) groups is 2. The Morgan fingerprint density at radius 1 is 0.816 bits per heavy atom. The van der Waals surface area contributed by atoms with Crippen LogP contribution in [0.2, 0.25) is 10.0 Å². The molecule has 8 nitrogen and oxygen atoms in total. The monoisotopic (exact) mass is 548 g/mol. The number of benzene rings is 3. The number of rotatable bonds is 9. The third-order valence-corrected chi connectivity index (χ3v) is 6.19. The highest BCUT2D eigenvalue weighted by Gasteiger charge is 2.18. The molecule has 1 aromatic heterocycles. The molecule has 3 aromatic carbocycles. The van der Waals surface area contributed by atoms with Gasteiger partial charge < -0.3 is 20.9 Å². The molecule has 1 heterocycles. The Morgan fingerprint density at radius 3 is 2.29 bits per heavy atom. The minimum atomic E-state index is -0.477. The molecule has 0 unspecified atom stereocenters. The molecule has 0 radical (unpaired) electrons. The molecule has 0 aliphatic heterocycles. The van der Waals surface area contributed by atoms with Crippen molar-refractivity contribution in [3.63, 3.8) is 0 Å². The van der Waals surface area contributed by atoms with Gasteiger partial charge in [0.25, 0.3) is 11.8 Å². The zero-order valence-electron chi connectivity index (χ0n) is 20.8. The van der Waals surface area contributed by atoms with Crippen LogP contribution in [0.15, 0.2) is 78.9 Å². The lowest BCUT2D eigenvalue weighted by molar-refractivity contribution is 0.102. The van der Waals surface area contributed by atoms with Crippen LogP contribution < -0.4 is 16.0 Å². The van der Waals surface area contributed by atoms with Crippen LogP contribution in [0.5, 0.6) is 0 Å². The Kier molecular flexibility index (Phi) is 8.91. The number of anilines is 3. The van der Waals surface area contributed by atoms with Gasteiger partial charge in [-0.15, -0.1) is 0 Å². The normalized spacial score (nSPS) is 10.8. The third kappa shape index (κ3) is 7.07. The fraction of sp³-hybridized carbons (Fsp3) is 0.143. The van der Waals surface area contributed by atoms with Crippen molar-refractivity contribution >= 4 is 52.2 Å². The summed E-state index contributed by atoms with van der Waals surface area (Å²) < 4.78 is 0. The van der Waals surface area contributed by atoms with Crippen molar-refractivity contribution in [3.05, 3.63) is 100 Å². The van der Waals surface area contributed by atoms with E-state index < -0.39 is 11.8 Å². The second-order valence-corrected chi connectivity index (χ2v) is 9.46. The Hall–Kier alpha value is -3.98. The predicted octanol–water partition coefficient (Wildman–Crippen LogP) is 5.93. The van der Waals surface area contributed by atoms with Gasteiger partial charge in [-0.2, -0.15) is 0 Å². The summed E-state index contributed by atoms with van der Waals surface area (Å²) >= 11 is 12.0. The molecule has 194 valence electrons. The first-order valence-corrected chi connectivity index (χ1v) is 12.6. The van der Waals surface area contributed by atoms with E-state index in [1.807, 2.05) is 49.3 Å². The van der Waals surface area contributed by atoms with Crippen LogP contribution in [0.25, 0.3) is 11.4 Å². The molecule has 0 bridgehead atoms. The van der Waals surface area contributed by atoms with Crippen molar-refractivity contribution in [2.75, 3.05) is 43.1 Å². The summed E-state index contributed by atoms with van der Waals surface area (Å²) in [5.74, 6) is 0.0424. The number of likely N-dealkylation sites (N-methyl/N-ethyl adjacent to an activating group) is 1. The summed E-state index contributed by atoms with van der Waals surface area (Å²) in [5, 5.41) is 9.55. The van der Waals surface area contributed by atoms with Crippen molar-refractivity contribution in [1.29, 1.82) is 0 Å². The van der Waals surface area contributed by atoms with Crippen LogP contribution in [0.1, 0.15) is 20.8 Å². The summed E-state index contributed by atoms with van der Waals surface area (Å²) in [7, 11) is 3.95. The molecule has 2 amide bonds. The molecular weight excluding hydrogens is 523 g/mol. The summed E-state index contributed by atoms with van der Waals surface area (Å²) in [6.45, 7) is 1.42. The number of nitrogens with one attached hydrogen (secondary N) is 3. The fourth-order valence-electron chi connectivity index (χ4n) is 3.53. The molecule has 10 heteroatoms. The molecule has 0 saturated heterocycles. The van der Waals surface area contributed by atoms with E-state index in [1.54, 1.807) is 48.5 Å². The first-order chi connectivity index (χ1) is 18.3. The molecule has 0 saturated carbocycles. The minimum Gasteiger partial charge on any atom is -0.369 e. The highest BCUT2D eigenvalue weighted by molar-refractivity contribution is 6.42. The molecule has 4 rings (SSSR count). The average molecular weight is 549 g/mol. The molecule has 3 N–H and O–H groups in total. The topological polar surface area (TPSA) is 99.2 Å². The molecule has 38 heavy (non-hydrogen) atoms. The van der Waals surface area contributed by atoms with E-state index in [9.17, 15) is 9.59 Å². The lowest BCUT2D eigenvalue weighted by Gasteiger charge is -2.14. The zero-order valence-corrected chi connectivity index (χ0v) is 22.3. The van der Waals surface area contributed by atoms with E-state index in [4.69, 9.17) is 23.2 Å². The van der Waals surface area contributed by atoms with Gasteiger partial charge in [-0.1, -0.05) is 65.7 Å². The summed E-state index contributed by atoms with van der Waals surface area (Å²) in [5.41, 5.74) is 2.01. The number of carbonyl (C=O) groups excluding carboxylic acids is 2. The van der Waals surface area contributed by atoms with Crippen molar-refractivity contribution in [1.82, 2.24) is 14.9 Å². The van der Waals surface area contributed by atoms with Crippen LogP contribution in [0, 0.1) is 0 Å². The predicted molar refractivity (Wildman–Crippen MR) is 153 cm³/mol. The van der Waals surface area contributed by atoms with Crippen LogP contribution in [0.4, 0.5) is 17.2 Å². The van der Waals surface area contributed by atoms with Gasteiger partial charge in [-0.05, 0) is 44.4 Å². The number of hydrogen-bond donors (Lipinski definition) is 3. The Labute approximate surface area is 231 Å². The smallest absolute Gasteiger partial charge is 0.274 e. The number of halogens is 2. The first-order valence-electron chi connectivity index (χ1n) is 11.8. The minimum absolute atomic E-state index is 0.158. The largest absolute Gasteiger partial charge is 0.369 e. The molecule has 0 aliphatic rings. The van der Waals surface area contributed by atoms with E-state index in [2.05, 4.69) is 25.9 Å². The van der Waals surface area contributed by atoms with Gasteiger partial charge in [0.05, 0.1) is 21.3 Å². The number of amides is 2. The molecule has 0 spiro atoms. The zero-order chi connectivity index (χ0) is 27.1. The van der Waals surface area contributed by atoms with Crippen LogP contribution in [-0.4, -0.2) is 53.9 Å². The van der Waals surface area contributed by atoms with Gasteiger partial charge in [0, 0.05) is 30.4 Å². The lowest BCUT2D eigenvalue weighted by atomic mass is 10.1. The second-order valence-electron chi connectivity index (χ2n) is 8.64. The SMILES string of the molecule is CN(C)CCNc1cc(C(=O)Nc2ccccc2C(=O)Nc2ccc(Cl)c(Cl)c2)nc(-c2ccccc2)n1. The van der Waals surface area contributed by atoms with E-state index in [-0.39, 0.29) is 11.3 Å². The molecule has 0 aliphatic carbocycles. The van der Waals surface area contributed by atoms with Crippen LogP contribution >= 0.6 is 23.2 Å². The van der Waals surface area contributed by atoms with Crippen molar-refractivity contribution < 1.29 is 9.59 Å². The van der Waals surface area contributed by atoms with E-state index in [0.29, 0.717) is 39.6 Å².